The largest absolute Gasteiger partial charge is 0.324 e. The van der Waals surface area contributed by atoms with E-state index < -0.39 is 0 Å². The number of aromatic nitrogens is 2. The first-order chi connectivity index (χ1) is 9.97. The minimum Gasteiger partial charge on any atom is -0.324 e. The van der Waals surface area contributed by atoms with Crippen molar-refractivity contribution in [3.05, 3.63) is 30.0 Å². The molecule has 3 nitrogen and oxygen atoms in total. The van der Waals surface area contributed by atoms with Gasteiger partial charge in [0.05, 0.1) is 11.2 Å². The summed E-state index contributed by atoms with van der Waals surface area (Å²) in [6.45, 7) is 7.70. The van der Waals surface area contributed by atoms with Crippen LogP contribution in [-0.4, -0.2) is 15.3 Å². The van der Waals surface area contributed by atoms with Crippen LogP contribution in [0.15, 0.2) is 24.3 Å². The highest BCUT2D eigenvalue weighted by Gasteiger charge is 2.44. The summed E-state index contributed by atoms with van der Waals surface area (Å²) in [5, 5.41) is 6.12. The quantitative estimate of drug-likeness (QED) is 0.929. The lowest BCUT2D eigenvalue weighted by Crippen LogP contribution is -2.56. The number of nitrogens with zero attached hydrogens (tertiary/aromatic N) is 2. The van der Waals surface area contributed by atoms with Gasteiger partial charge in [0.15, 0.2) is 0 Å². The third-order valence-corrected chi connectivity index (χ3v) is 5.54. The third-order valence-electron chi connectivity index (χ3n) is 5.54. The van der Waals surface area contributed by atoms with E-state index in [9.17, 15) is 0 Å². The SMILES string of the molecule is CCn1nc(CC2(N)CCCCC2(C)C)c2ccccc21. The van der Waals surface area contributed by atoms with E-state index in [1.54, 1.807) is 0 Å². The van der Waals surface area contributed by atoms with Crippen molar-refractivity contribution < 1.29 is 0 Å². The molecule has 0 amide bonds. The van der Waals surface area contributed by atoms with E-state index in [4.69, 9.17) is 10.8 Å². The van der Waals surface area contributed by atoms with E-state index in [1.807, 2.05) is 0 Å². The van der Waals surface area contributed by atoms with E-state index in [-0.39, 0.29) is 11.0 Å². The average molecular weight is 285 g/mol. The van der Waals surface area contributed by atoms with Crippen molar-refractivity contribution in [1.29, 1.82) is 0 Å². The molecule has 0 bridgehead atoms. The number of aryl methyl sites for hydroxylation is 1. The molecule has 2 aromatic rings. The Bertz CT molecular complexity index is 641. The maximum absolute atomic E-state index is 6.86. The molecule has 0 radical (unpaired) electrons. The Balaban J connectivity index is 2.01. The molecule has 21 heavy (non-hydrogen) atoms. The van der Waals surface area contributed by atoms with Gasteiger partial charge in [0.1, 0.15) is 0 Å². The summed E-state index contributed by atoms with van der Waals surface area (Å²) in [4.78, 5) is 0. The molecule has 114 valence electrons. The lowest BCUT2D eigenvalue weighted by molar-refractivity contribution is 0.0982. The summed E-state index contributed by atoms with van der Waals surface area (Å²) in [5.74, 6) is 0. The number of para-hydroxylation sites is 1. The smallest absolute Gasteiger partial charge is 0.0721 e. The summed E-state index contributed by atoms with van der Waals surface area (Å²) in [5.41, 5.74) is 9.31. The Labute approximate surface area is 127 Å². The standard InChI is InChI=1S/C18H27N3/c1-4-21-16-10-6-5-9-14(16)15(20-21)13-18(19)12-8-7-11-17(18,2)3/h5-6,9-10H,4,7-8,11-13,19H2,1-3H3. The van der Waals surface area contributed by atoms with Gasteiger partial charge < -0.3 is 5.73 Å². The molecule has 0 aliphatic heterocycles. The fourth-order valence-corrected chi connectivity index (χ4v) is 3.79. The van der Waals surface area contributed by atoms with Crippen molar-refractivity contribution >= 4 is 10.9 Å². The molecule has 1 aliphatic carbocycles. The number of benzene rings is 1. The van der Waals surface area contributed by atoms with Gasteiger partial charge in [0.25, 0.3) is 0 Å². The number of fused-ring (bicyclic) bond motifs is 1. The van der Waals surface area contributed by atoms with E-state index in [0.717, 1.165) is 19.4 Å². The van der Waals surface area contributed by atoms with E-state index in [2.05, 4.69) is 49.7 Å². The van der Waals surface area contributed by atoms with Gasteiger partial charge in [-0.15, -0.1) is 0 Å². The molecule has 0 spiro atoms. The zero-order chi connectivity index (χ0) is 15.1. The van der Waals surface area contributed by atoms with Crippen LogP contribution in [0.3, 0.4) is 0 Å². The topological polar surface area (TPSA) is 43.8 Å². The van der Waals surface area contributed by atoms with Crippen LogP contribution in [0.4, 0.5) is 0 Å². The molecule has 0 saturated heterocycles. The van der Waals surface area contributed by atoms with Crippen LogP contribution >= 0.6 is 0 Å². The van der Waals surface area contributed by atoms with Crippen LogP contribution in [0.2, 0.25) is 0 Å². The molecule has 1 fully saturated rings. The van der Waals surface area contributed by atoms with E-state index >= 15 is 0 Å². The maximum Gasteiger partial charge on any atom is 0.0721 e. The minimum atomic E-state index is -0.138. The van der Waals surface area contributed by atoms with Crippen LogP contribution in [0, 0.1) is 5.41 Å². The van der Waals surface area contributed by atoms with Gasteiger partial charge in [-0.3, -0.25) is 4.68 Å². The lowest BCUT2D eigenvalue weighted by Gasteiger charge is -2.47. The fraction of sp³-hybridized carbons (Fsp3) is 0.611. The molecule has 1 atom stereocenters. The van der Waals surface area contributed by atoms with Crippen molar-refractivity contribution in [2.24, 2.45) is 11.1 Å². The van der Waals surface area contributed by atoms with Crippen LogP contribution in [0.25, 0.3) is 10.9 Å². The molecule has 1 aromatic carbocycles. The predicted octanol–water partition coefficient (Wildman–Crippen LogP) is 3.90. The van der Waals surface area contributed by atoms with Crippen molar-refractivity contribution in [3.8, 4) is 0 Å². The molecule has 1 heterocycles. The number of nitrogens with two attached hydrogens (primary N) is 1. The third kappa shape index (κ3) is 2.38. The minimum absolute atomic E-state index is 0.138. The molecule has 3 rings (SSSR count). The average Bonchev–Trinajstić information content (AvgIpc) is 2.81. The van der Waals surface area contributed by atoms with Gasteiger partial charge in [-0.1, -0.05) is 44.9 Å². The second-order valence-corrected chi connectivity index (χ2v) is 7.20. The predicted molar refractivity (Wildman–Crippen MR) is 88.3 cm³/mol. The van der Waals surface area contributed by atoms with Crippen LogP contribution in [0.5, 0.6) is 0 Å². The normalized spacial score (nSPS) is 25.3. The highest BCUT2D eigenvalue weighted by molar-refractivity contribution is 5.82. The number of hydrogen-bond acceptors (Lipinski definition) is 2. The molecule has 1 unspecified atom stereocenters. The molecular weight excluding hydrogens is 258 g/mol. The molecule has 1 aromatic heterocycles. The Morgan fingerprint density at radius 1 is 1.19 bits per heavy atom. The number of hydrogen-bond donors (Lipinski definition) is 1. The first-order valence-corrected chi connectivity index (χ1v) is 8.20. The monoisotopic (exact) mass is 285 g/mol. The Morgan fingerprint density at radius 2 is 1.90 bits per heavy atom. The maximum atomic E-state index is 6.86. The van der Waals surface area contributed by atoms with Gasteiger partial charge in [-0.05, 0) is 31.2 Å². The zero-order valence-corrected chi connectivity index (χ0v) is 13.5. The van der Waals surface area contributed by atoms with Crippen molar-refractivity contribution in [2.45, 2.75) is 65.0 Å². The second kappa shape index (κ2) is 5.13. The van der Waals surface area contributed by atoms with Gasteiger partial charge in [0, 0.05) is 23.9 Å². The highest BCUT2D eigenvalue weighted by Crippen LogP contribution is 2.44. The van der Waals surface area contributed by atoms with E-state index in [0.29, 0.717) is 0 Å². The first kappa shape index (κ1) is 14.6. The Hall–Kier alpha value is -1.35. The summed E-state index contributed by atoms with van der Waals surface area (Å²) in [6, 6.07) is 8.53. The lowest BCUT2D eigenvalue weighted by atomic mass is 9.62. The molecular formula is C18H27N3. The van der Waals surface area contributed by atoms with E-state index in [1.165, 1.54) is 35.9 Å². The Morgan fingerprint density at radius 3 is 2.62 bits per heavy atom. The first-order valence-electron chi connectivity index (χ1n) is 8.20. The van der Waals surface area contributed by atoms with Gasteiger partial charge >= 0.3 is 0 Å². The fourth-order valence-electron chi connectivity index (χ4n) is 3.79. The second-order valence-electron chi connectivity index (χ2n) is 7.20. The van der Waals surface area contributed by atoms with Crippen molar-refractivity contribution in [3.63, 3.8) is 0 Å². The summed E-state index contributed by atoms with van der Waals surface area (Å²) in [6.07, 6.45) is 5.75. The van der Waals surface area contributed by atoms with Crippen molar-refractivity contribution in [2.75, 3.05) is 0 Å². The van der Waals surface area contributed by atoms with Gasteiger partial charge in [-0.25, -0.2) is 0 Å². The Kier molecular flexibility index (Phi) is 3.56. The van der Waals surface area contributed by atoms with Crippen LogP contribution in [-0.2, 0) is 13.0 Å². The molecule has 1 saturated carbocycles. The van der Waals surface area contributed by atoms with Gasteiger partial charge in [0.2, 0.25) is 0 Å². The summed E-state index contributed by atoms with van der Waals surface area (Å²) in [7, 11) is 0. The molecule has 2 N–H and O–H groups in total. The zero-order valence-electron chi connectivity index (χ0n) is 13.5. The highest BCUT2D eigenvalue weighted by atomic mass is 15.3. The van der Waals surface area contributed by atoms with Gasteiger partial charge in [-0.2, -0.15) is 5.10 Å². The molecule has 3 heteroatoms. The number of rotatable bonds is 3. The van der Waals surface area contributed by atoms with Crippen LogP contribution in [0.1, 0.15) is 52.1 Å². The summed E-state index contributed by atoms with van der Waals surface area (Å²) < 4.78 is 2.10. The van der Waals surface area contributed by atoms with Crippen molar-refractivity contribution in [1.82, 2.24) is 9.78 Å². The summed E-state index contributed by atoms with van der Waals surface area (Å²) >= 11 is 0. The van der Waals surface area contributed by atoms with Crippen LogP contribution < -0.4 is 5.73 Å². The molecule has 1 aliphatic rings.